The normalized spacial score (nSPS) is 11.1. The number of amides is 1. The molecular formula is C98H169N23O24. The third-order valence-electron chi connectivity index (χ3n) is 19.3. The number of benzene rings is 2. The van der Waals surface area contributed by atoms with Crippen molar-refractivity contribution in [2.45, 2.75) is 188 Å². The van der Waals surface area contributed by atoms with Crippen molar-refractivity contribution in [1.82, 2.24) is 102 Å². The zero-order valence-corrected chi connectivity index (χ0v) is 87.0. The number of hydrogen-bond donors (Lipinski definition) is 4. The number of unbranched alkanes of at least 4 members (excludes halogenated alkanes) is 6. The largest absolute Gasteiger partial charge is 0.399 e. The van der Waals surface area contributed by atoms with Crippen LogP contribution in [0.4, 0.5) is 5.69 Å². The molecular weight excluding hydrogens is 1880 g/mol. The first kappa shape index (κ1) is 130. The second-order valence-corrected chi connectivity index (χ2v) is 31.7. The van der Waals surface area contributed by atoms with Crippen molar-refractivity contribution in [1.29, 1.82) is 0 Å². The molecule has 5 aromatic heterocycles. The van der Waals surface area contributed by atoms with Gasteiger partial charge in [0, 0.05) is 182 Å². The Labute approximate surface area is 856 Å². The predicted molar refractivity (Wildman–Crippen MR) is 538 cm³/mol. The molecule has 0 spiro atoms. The molecule has 0 saturated carbocycles. The maximum atomic E-state index is 12.3. The van der Waals surface area contributed by atoms with Gasteiger partial charge in [-0.2, -0.15) is 0 Å². The minimum atomic E-state index is -0.316. The number of Topliss-reactive ketones (excluding diaryl/α,β-unsaturated/α-hetero) is 1. The third kappa shape index (κ3) is 83.8. The van der Waals surface area contributed by atoms with E-state index in [4.69, 9.17) is 121 Å². The number of carbonyl (C=O) groups excluding carboxylic acids is 2. The number of ketones is 1. The molecule has 0 aliphatic carbocycles. The van der Waals surface area contributed by atoms with Crippen molar-refractivity contribution in [3.05, 3.63) is 108 Å². The molecule has 820 valence electrons. The summed E-state index contributed by atoms with van der Waals surface area (Å²) in [5.41, 5.74) is 19.5. The lowest BCUT2D eigenvalue weighted by atomic mass is 10.1. The molecule has 47 nitrogen and oxygen atoms in total. The van der Waals surface area contributed by atoms with Crippen LogP contribution in [0, 0.1) is 0 Å². The molecule has 0 fully saturated rings. The maximum absolute atomic E-state index is 12.3. The summed E-state index contributed by atoms with van der Waals surface area (Å²) in [4.78, 5) is 28.8. The number of hydrogen-bond acceptors (Lipinski definition) is 46. The second kappa shape index (κ2) is 102. The quantitative estimate of drug-likeness (QED) is 0.0216. The standard InChI is InChI=1S/C60H115N5O24.C15H12N4.C12H22N4.C7H12N4.C4H8N6/c1-68-32-34-78-30-10-28-76-26-8-24-74-22-6-20-72-18-4-16-70-14-3-15-71-17-5-19-73-21-7-23-75-25-9-27-77-29-11-31-88-56-60(67)61-54-59-64-62-58(63-65-59)13-12-57(66)55-89-53-52-87-51-50-86-49-48-85-47-46-84-45-44-83-43-42-82-41-40-81-39-38-80-37-36-79-35-33-69-2;16-13-8-6-12(7-9-13)15-17-10-14(18-19-15)11-4-2-1-3-5-11;1-3-5-7-9-11-13-15-12(16-14-11)10-8-6-4-2;1-2-3-4-5-7-10-8-6-9-11-7;5-1-3-7-9-4(2-6)10-8-3/h3-56H2,1-2H3,(H,61,67);1-10H,16H2;3-10H2,1-2H3;6H,2-5H2,1H3;1-2,5-6H2. The topological polar surface area (TPSA) is 572 Å². The highest BCUT2D eigenvalue weighted by molar-refractivity contribution is 5.79. The highest BCUT2D eigenvalue weighted by Gasteiger charge is 2.12. The summed E-state index contributed by atoms with van der Waals surface area (Å²) < 4.78 is 120. The van der Waals surface area contributed by atoms with Crippen LogP contribution in [0.3, 0.4) is 0 Å². The van der Waals surface area contributed by atoms with E-state index in [1.807, 2.05) is 54.6 Å². The number of anilines is 1. The first-order valence-electron chi connectivity index (χ1n) is 51.1. The molecule has 5 heterocycles. The van der Waals surface area contributed by atoms with E-state index in [2.05, 4.69) is 123 Å². The first-order chi connectivity index (χ1) is 71.6. The molecule has 1 amide bonds. The number of methoxy groups -OCH3 is 2. The van der Waals surface area contributed by atoms with Crippen LogP contribution in [0.5, 0.6) is 0 Å². The Morgan fingerprint density at radius 2 is 0.559 bits per heavy atom. The molecule has 2 aromatic carbocycles. The Kier molecular flexibility index (Phi) is 92.0. The SMILES string of the molecule is CCCCCc1nnc(CCCCC)nn1.CCCCCc1nncnn1.COCCOCCCOCCCOCCCOCCCOCCCOCCCOCCCOCCCOCCCOCC(=O)NCc1nnc(CCC(=O)COCCOCCOCCOCCOCCOCCOCCOCCOCCOCCOC)nn1.NCc1nnc(CN)nn1.Nc1ccc(-c2ncc(-c3ccccc3)nn2)cc1. The maximum Gasteiger partial charge on any atom is 0.246 e. The molecule has 0 saturated heterocycles. The number of nitrogens with two attached hydrogens (primary N) is 3. The number of nitrogens with one attached hydrogen (secondary N) is 1. The average Bonchev–Trinajstić information content (AvgIpc) is 0.839. The van der Waals surface area contributed by atoms with Crippen LogP contribution in [-0.2, 0) is 159 Å². The molecule has 7 N–H and O–H groups in total. The van der Waals surface area contributed by atoms with Crippen LogP contribution in [-0.4, -0.2) is 400 Å². The molecule has 47 heteroatoms. The Morgan fingerprint density at radius 1 is 0.276 bits per heavy atom. The lowest BCUT2D eigenvalue weighted by molar-refractivity contribution is -0.126. The van der Waals surface area contributed by atoms with Gasteiger partial charge in [-0.05, 0) is 101 Å². The Hall–Kier alpha value is -8.81. The number of aryl methyl sites for hydroxylation is 4. The number of ether oxygens (including phenoxy) is 22. The van der Waals surface area contributed by atoms with E-state index in [-0.39, 0.29) is 69.8 Å². The van der Waals surface area contributed by atoms with Gasteiger partial charge in [-0.3, -0.25) is 9.59 Å². The van der Waals surface area contributed by atoms with Crippen molar-refractivity contribution < 1.29 is 114 Å². The second-order valence-electron chi connectivity index (χ2n) is 31.7. The van der Waals surface area contributed by atoms with Gasteiger partial charge in [0.1, 0.15) is 18.9 Å². The highest BCUT2D eigenvalue weighted by atomic mass is 16.6. The Balaban J connectivity index is 0.000000748. The minimum Gasteiger partial charge on any atom is -0.399 e. The molecule has 0 aliphatic rings. The van der Waals surface area contributed by atoms with Gasteiger partial charge >= 0.3 is 0 Å². The lowest BCUT2D eigenvalue weighted by Gasteiger charge is -2.09. The number of aromatic nitrogens is 19. The molecule has 0 atom stereocenters. The zero-order chi connectivity index (χ0) is 104. The van der Waals surface area contributed by atoms with Crippen LogP contribution >= 0.6 is 0 Å². The van der Waals surface area contributed by atoms with Crippen LogP contribution < -0.4 is 22.5 Å². The van der Waals surface area contributed by atoms with Gasteiger partial charge < -0.3 is 127 Å². The van der Waals surface area contributed by atoms with Crippen molar-refractivity contribution in [2.75, 3.05) is 297 Å². The molecule has 145 heavy (non-hydrogen) atoms. The lowest BCUT2D eigenvalue weighted by Crippen LogP contribution is -2.28. The van der Waals surface area contributed by atoms with Crippen molar-refractivity contribution in [2.24, 2.45) is 11.5 Å². The van der Waals surface area contributed by atoms with Gasteiger partial charge in [0.05, 0.1) is 171 Å². The third-order valence-corrected chi connectivity index (χ3v) is 19.3. The summed E-state index contributed by atoms with van der Waals surface area (Å²) in [6, 6.07) is 17.3. The van der Waals surface area contributed by atoms with E-state index in [9.17, 15) is 9.59 Å². The van der Waals surface area contributed by atoms with Crippen molar-refractivity contribution in [3.8, 4) is 22.6 Å². The van der Waals surface area contributed by atoms with E-state index in [0.29, 0.717) is 287 Å². The zero-order valence-electron chi connectivity index (χ0n) is 87.0. The summed E-state index contributed by atoms with van der Waals surface area (Å²) in [7, 11) is 3.30. The van der Waals surface area contributed by atoms with Gasteiger partial charge in [-0.1, -0.05) is 89.6 Å². The molecule has 7 rings (SSSR count). The van der Waals surface area contributed by atoms with Gasteiger partial charge in [0.15, 0.2) is 58.7 Å². The monoisotopic (exact) mass is 2050 g/mol. The molecule has 0 radical (unpaired) electrons. The minimum absolute atomic E-state index is 0.0468. The van der Waals surface area contributed by atoms with Crippen molar-refractivity contribution in [3.63, 3.8) is 0 Å². The molecule has 0 aliphatic heterocycles. The van der Waals surface area contributed by atoms with Crippen LogP contribution in [0.15, 0.2) is 67.1 Å². The average molecular weight is 2050 g/mol. The molecule has 0 unspecified atom stereocenters. The predicted octanol–water partition coefficient (Wildman–Crippen LogP) is 7.22. The summed E-state index contributed by atoms with van der Waals surface area (Å²) in [5, 5.41) is 73.0. The van der Waals surface area contributed by atoms with E-state index < -0.39 is 0 Å². The fraction of sp³-hybridized carbons (Fsp3) is 0.745. The van der Waals surface area contributed by atoms with Crippen molar-refractivity contribution >= 4 is 17.4 Å². The summed E-state index contributed by atoms with van der Waals surface area (Å²) in [6.45, 7) is 29.2. The van der Waals surface area contributed by atoms with Crippen LogP contribution in [0.25, 0.3) is 22.6 Å². The first-order valence-corrected chi connectivity index (χ1v) is 51.1. The van der Waals surface area contributed by atoms with E-state index in [1.54, 1.807) is 20.4 Å². The van der Waals surface area contributed by atoms with Gasteiger partial charge in [0.25, 0.3) is 0 Å². The Morgan fingerprint density at radius 3 is 0.876 bits per heavy atom. The summed E-state index contributed by atoms with van der Waals surface area (Å²) >= 11 is 0. The van der Waals surface area contributed by atoms with E-state index >= 15 is 0 Å². The fourth-order valence-electron chi connectivity index (χ4n) is 11.5. The molecule has 7 aromatic rings. The summed E-state index contributed by atoms with van der Waals surface area (Å²) in [5.74, 6) is 3.90. The number of rotatable bonds is 94. The van der Waals surface area contributed by atoms with Gasteiger partial charge in [0.2, 0.25) is 5.91 Å². The summed E-state index contributed by atoms with van der Waals surface area (Å²) in [6.07, 6.45) is 24.5. The van der Waals surface area contributed by atoms with Crippen LogP contribution in [0.2, 0.25) is 0 Å². The van der Waals surface area contributed by atoms with Gasteiger partial charge in [-0.15, -0.1) is 91.8 Å². The number of nitrogens with zero attached hydrogens (tertiary/aromatic N) is 19. The number of nitrogen functional groups attached to an aromatic ring is 1. The molecule has 0 bridgehead atoms. The van der Waals surface area contributed by atoms with E-state index in [0.717, 1.165) is 130 Å². The van der Waals surface area contributed by atoms with Crippen LogP contribution in [0.1, 0.15) is 184 Å². The van der Waals surface area contributed by atoms with E-state index in [1.165, 1.54) is 44.9 Å². The highest BCUT2D eigenvalue weighted by Crippen LogP contribution is 2.19. The smallest absolute Gasteiger partial charge is 0.246 e. The fourth-order valence-corrected chi connectivity index (χ4v) is 11.5. The van der Waals surface area contributed by atoms with Gasteiger partial charge in [-0.25, -0.2) is 4.98 Å². The number of carbonyl (C=O) groups is 2. The Bertz CT molecular complexity index is 3860.